The Hall–Kier alpha value is -0.420. The predicted octanol–water partition coefficient (Wildman–Crippen LogP) is 5.85. The maximum atomic E-state index is 13.1. The van der Waals surface area contributed by atoms with Crippen LogP contribution in [0.4, 0.5) is 4.39 Å². The van der Waals surface area contributed by atoms with Gasteiger partial charge in [0.1, 0.15) is 5.82 Å². The van der Waals surface area contributed by atoms with Crippen LogP contribution in [0, 0.1) is 5.82 Å². The van der Waals surface area contributed by atoms with Gasteiger partial charge in [-0.2, -0.15) is 0 Å². The monoisotopic (exact) mass is 419 g/mol. The molecule has 0 radical (unpaired) electrons. The first-order valence-corrected chi connectivity index (χ1v) is 8.06. The molecule has 0 aliphatic heterocycles. The maximum Gasteiger partial charge on any atom is 0.141 e. The number of halogens is 4. The number of benzene rings is 2. The molecule has 1 nitrogen and oxygen atoms in total. The molecule has 2 aromatic carbocycles. The Morgan fingerprint density at radius 1 is 1.20 bits per heavy atom. The van der Waals surface area contributed by atoms with Crippen molar-refractivity contribution < 1.29 is 4.39 Å². The fourth-order valence-electron chi connectivity index (χ4n) is 1.88. The molecule has 0 aliphatic rings. The Labute approximate surface area is 139 Å². The summed E-state index contributed by atoms with van der Waals surface area (Å²) >= 11 is 12.8. The van der Waals surface area contributed by atoms with E-state index in [9.17, 15) is 4.39 Å². The summed E-state index contributed by atoms with van der Waals surface area (Å²) in [6.45, 7) is 2.71. The molecule has 0 aliphatic carbocycles. The molecule has 0 heterocycles. The van der Waals surface area contributed by atoms with Crippen molar-refractivity contribution in [3.05, 3.63) is 67.3 Å². The van der Waals surface area contributed by atoms with Gasteiger partial charge in [0.2, 0.25) is 0 Å². The fourth-order valence-corrected chi connectivity index (χ4v) is 3.48. The molecule has 106 valence electrons. The molecule has 2 aromatic rings. The van der Waals surface area contributed by atoms with Crippen molar-refractivity contribution in [3.63, 3.8) is 0 Å². The van der Waals surface area contributed by atoms with E-state index in [0.717, 1.165) is 14.5 Å². The third-order valence-electron chi connectivity index (χ3n) is 3.03. The minimum Gasteiger partial charge on any atom is -0.306 e. The molecule has 1 atom stereocenters. The van der Waals surface area contributed by atoms with Gasteiger partial charge in [0, 0.05) is 21.5 Å². The highest BCUT2D eigenvalue weighted by Gasteiger charge is 2.09. The first-order chi connectivity index (χ1) is 9.47. The zero-order valence-corrected chi connectivity index (χ0v) is 14.7. The Morgan fingerprint density at radius 3 is 2.60 bits per heavy atom. The van der Waals surface area contributed by atoms with Gasteiger partial charge in [-0.3, -0.25) is 0 Å². The molecule has 2 rings (SSSR count). The van der Waals surface area contributed by atoms with Gasteiger partial charge >= 0.3 is 0 Å². The van der Waals surface area contributed by atoms with E-state index in [4.69, 9.17) is 11.6 Å². The SMILES string of the molecule is CC(NCc1ccc(F)c(Cl)c1)c1ccc(Br)cc1Br. The number of nitrogens with one attached hydrogen (secondary N) is 1. The van der Waals surface area contributed by atoms with E-state index in [1.165, 1.54) is 11.6 Å². The minimum absolute atomic E-state index is 0.154. The average molecular weight is 422 g/mol. The van der Waals surface area contributed by atoms with Crippen molar-refractivity contribution in [2.24, 2.45) is 0 Å². The van der Waals surface area contributed by atoms with Crippen LogP contribution in [0.15, 0.2) is 45.3 Å². The topological polar surface area (TPSA) is 12.0 Å². The molecule has 0 saturated carbocycles. The Bertz CT molecular complexity index is 619. The second-order valence-electron chi connectivity index (χ2n) is 4.52. The van der Waals surface area contributed by atoms with E-state index in [-0.39, 0.29) is 16.9 Å². The molecule has 0 saturated heterocycles. The molecule has 1 unspecified atom stereocenters. The lowest BCUT2D eigenvalue weighted by molar-refractivity contribution is 0.571. The minimum atomic E-state index is -0.390. The van der Waals surface area contributed by atoms with Crippen LogP contribution in [0.1, 0.15) is 24.1 Å². The van der Waals surface area contributed by atoms with Gasteiger partial charge < -0.3 is 5.32 Å². The van der Waals surface area contributed by atoms with Crippen LogP contribution in [-0.2, 0) is 6.54 Å². The number of hydrogen-bond donors (Lipinski definition) is 1. The molecular weight excluding hydrogens is 408 g/mol. The zero-order chi connectivity index (χ0) is 14.7. The maximum absolute atomic E-state index is 13.1. The summed E-state index contributed by atoms with van der Waals surface area (Å²) in [5.74, 6) is -0.390. The molecular formula is C15H13Br2ClFN. The lowest BCUT2D eigenvalue weighted by Gasteiger charge is -2.16. The van der Waals surface area contributed by atoms with Crippen LogP contribution in [0.25, 0.3) is 0 Å². The fraction of sp³-hybridized carbons (Fsp3) is 0.200. The second-order valence-corrected chi connectivity index (χ2v) is 6.69. The standard InChI is InChI=1S/C15H13Br2ClFN/c1-9(12-4-3-11(16)7-13(12)17)20-8-10-2-5-15(19)14(18)6-10/h2-7,9,20H,8H2,1H3. The summed E-state index contributed by atoms with van der Waals surface area (Å²) in [5.41, 5.74) is 2.12. The van der Waals surface area contributed by atoms with Crippen molar-refractivity contribution in [2.45, 2.75) is 19.5 Å². The summed E-state index contributed by atoms with van der Waals surface area (Å²) in [6, 6.07) is 11.0. The van der Waals surface area contributed by atoms with Gasteiger partial charge in [-0.25, -0.2) is 4.39 Å². The number of rotatable bonds is 4. The van der Waals surface area contributed by atoms with E-state index in [1.807, 2.05) is 12.1 Å². The molecule has 0 fully saturated rings. The molecule has 0 bridgehead atoms. The van der Waals surface area contributed by atoms with E-state index in [1.54, 1.807) is 12.1 Å². The molecule has 20 heavy (non-hydrogen) atoms. The molecule has 0 spiro atoms. The lowest BCUT2D eigenvalue weighted by Crippen LogP contribution is -2.18. The summed E-state index contributed by atoms with van der Waals surface area (Å²) < 4.78 is 15.2. The van der Waals surface area contributed by atoms with Gasteiger partial charge in [-0.05, 0) is 42.3 Å². The van der Waals surface area contributed by atoms with Crippen LogP contribution >= 0.6 is 43.5 Å². The smallest absolute Gasteiger partial charge is 0.141 e. The van der Waals surface area contributed by atoms with E-state index in [0.29, 0.717) is 6.54 Å². The van der Waals surface area contributed by atoms with Gasteiger partial charge in [0.25, 0.3) is 0 Å². The van der Waals surface area contributed by atoms with Crippen molar-refractivity contribution in [1.29, 1.82) is 0 Å². The second kappa shape index (κ2) is 7.03. The van der Waals surface area contributed by atoms with Crippen LogP contribution in [0.2, 0.25) is 5.02 Å². The molecule has 0 amide bonds. The highest BCUT2D eigenvalue weighted by atomic mass is 79.9. The summed E-state index contributed by atoms with van der Waals surface area (Å²) in [4.78, 5) is 0. The van der Waals surface area contributed by atoms with E-state index in [2.05, 4.69) is 50.2 Å². The van der Waals surface area contributed by atoms with Crippen LogP contribution in [-0.4, -0.2) is 0 Å². The third-order valence-corrected chi connectivity index (χ3v) is 4.50. The van der Waals surface area contributed by atoms with Gasteiger partial charge in [0.15, 0.2) is 0 Å². The molecule has 0 aromatic heterocycles. The predicted molar refractivity (Wildman–Crippen MR) is 88.5 cm³/mol. The van der Waals surface area contributed by atoms with Gasteiger partial charge in [0.05, 0.1) is 5.02 Å². The Morgan fingerprint density at radius 2 is 1.95 bits per heavy atom. The highest BCUT2D eigenvalue weighted by molar-refractivity contribution is 9.11. The lowest BCUT2D eigenvalue weighted by atomic mass is 10.1. The molecule has 1 N–H and O–H groups in total. The first kappa shape index (κ1) is 16.0. The molecule has 5 heteroatoms. The van der Waals surface area contributed by atoms with Crippen molar-refractivity contribution in [2.75, 3.05) is 0 Å². The normalized spacial score (nSPS) is 12.4. The highest BCUT2D eigenvalue weighted by Crippen LogP contribution is 2.27. The first-order valence-electron chi connectivity index (χ1n) is 6.09. The average Bonchev–Trinajstić information content (AvgIpc) is 2.40. The number of hydrogen-bond acceptors (Lipinski definition) is 1. The Balaban J connectivity index is 2.04. The summed E-state index contributed by atoms with van der Waals surface area (Å²) in [5, 5.41) is 3.55. The van der Waals surface area contributed by atoms with Crippen LogP contribution in [0.5, 0.6) is 0 Å². The van der Waals surface area contributed by atoms with Crippen LogP contribution in [0.3, 0.4) is 0 Å². The summed E-state index contributed by atoms with van der Waals surface area (Å²) in [6.07, 6.45) is 0. The summed E-state index contributed by atoms with van der Waals surface area (Å²) in [7, 11) is 0. The van der Waals surface area contributed by atoms with Crippen molar-refractivity contribution in [3.8, 4) is 0 Å². The van der Waals surface area contributed by atoms with Gasteiger partial charge in [-0.1, -0.05) is 55.6 Å². The quantitative estimate of drug-likeness (QED) is 0.653. The van der Waals surface area contributed by atoms with E-state index < -0.39 is 0 Å². The Kier molecular flexibility index (Phi) is 5.61. The largest absolute Gasteiger partial charge is 0.306 e. The van der Waals surface area contributed by atoms with E-state index >= 15 is 0 Å². The van der Waals surface area contributed by atoms with Crippen molar-refractivity contribution in [1.82, 2.24) is 5.32 Å². The van der Waals surface area contributed by atoms with Gasteiger partial charge in [-0.15, -0.1) is 0 Å². The zero-order valence-electron chi connectivity index (χ0n) is 10.8. The van der Waals surface area contributed by atoms with Crippen LogP contribution < -0.4 is 5.32 Å². The third kappa shape index (κ3) is 4.04. The van der Waals surface area contributed by atoms with Crippen molar-refractivity contribution >= 4 is 43.5 Å².